The third kappa shape index (κ3) is 2.91. The smallest absolute Gasteiger partial charge is 0.310 e. The molecule has 0 radical (unpaired) electrons. The van der Waals surface area contributed by atoms with Crippen LogP contribution in [0.15, 0.2) is 18.2 Å². The lowest BCUT2D eigenvalue weighted by atomic mass is 10.2. The summed E-state index contributed by atoms with van der Waals surface area (Å²) in [5.74, 6) is 0.489. The molecule has 5 heteroatoms. The second-order valence-electron chi connectivity index (χ2n) is 4.82. The van der Waals surface area contributed by atoms with Crippen molar-refractivity contribution < 1.29 is 10.0 Å². The summed E-state index contributed by atoms with van der Waals surface area (Å²) < 4.78 is 0. The van der Waals surface area contributed by atoms with E-state index in [0.717, 1.165) is 31.1 Å². The second kappa shape index (κ2) is 5.25. The lowest BCUT2D eigenvalue weighted by Gasteiger charge is -2.24. The minimum atomic E-state index is -0.565. The highest BCUT2D eigenvalue weighted by molar-refractivity contribution is 5.58. The molecule has 0 aromatic heterocycles. The zero-order valence-corrected chi connectivity index (χ0v) is 10.5. The Kier molecular flexibility index (Phi) is 3.69. The largest absolute Gasteiger partial charge is 0.502 e. The van der Waals surface area contributed by atoms with E-state index in [-0.39, 0.29) is 11.4 Å². The van der Waals surface area contributed by atoms with Gasteiger partial charge in [-0.25, -0.2) is 0 Å². The Hall–Kier alpha value is -1.78. The number of anilines is 1. The quantitative estimate of drug-likeness (QED) is 0.622. The molecule has 0 saturated heterocycles. The van der Waals surface area contributed by atoms with E-state index in [0.29, 0.717) is 0 Å². The number of nitrogens with zero attached hydrogens (tertiary/aromatic N) is 2. The first-order chi connectivity index (χ1) is 8.61. The fourth-order valence-electron chi connectivity index (χ4n) is 2.07. The van der Waals surface area contributed by atoms with E-state index in [4.69, 9.17) is 0 Å². The maximum atomic E-state index is 10.6. The van der Waals surface area contributed by atoms with Crippen molar-refractivity contribution >= 4 is 11.4 Å². The van der Waals surface area contributed by atoms with Crippen LogP contribution in [0.25, 0.3) is 0 Å². The molecule has 0 unspecified atom stereocenters. The fourth-order valence-corrected chi connectivity index (χ4v) is 2.07. The van der Waals surface area contributed by atoms with Crippen LogP contribution >= 0.6 is 0 Å². The first kappa shape index (κ1) is 12.7. The molecule has 1 aliphatic rings. The van der Waals surface area contributed by atoms with Crippen LogP contribution in [0.2, 0.25) is 0 Å². The number of rotatable bonds is 6. The summed E-state index contributed by atoms with van der Waals surface area (Å²) >= 11 is 0. The van der Waals surface area contributed by atoms with Gasteiger partial charge in [0.05, 0.1) is 4.92 Å². The summed E-state index contributed by atoms with van der Waals surface area (Å²) in [7, 11) is 0. The van der Waals surface area contributed by atoms with Crippen molar-refractivity contribution in [2.24, 2.45) is 5.92 Å². The van der Waals surface area contributed by atoms with Crippen molar-refractivity contribution in [2.75, 3.05) is 18.0 Å². The summed E-state index contributed by atoms with van der Waals surface area (Å²) in [6, 6.07) is 4.59. The number of hydrogen-bond donors (Lipinski definition) is 1. The maximum absolute atomic E-state index is 10.6. The van der Waals surface area contributed by atoms with Crippen molar-refractivity contribution in [3.63, 3.8) is 0 Å². The van der Waals surface area contributed by atoms with Crippen LogP contribution in [0.5, 0.6) is 5.75 Å². The Balaban J connectivity index is 2.18. The second-order valence-corrected chi connectivity index (χ2v) is 4.82. The number of nitro groups is 1. The van der Waals surface area contributed by atoms with Gasteiger partial charge in [0.1, 0.15) is 0 Å². The third-order valence-electron chi connectivity index (χ3n) is 3.19. The maximum Gasteiger partial charge on any atom is 0.310 e. The summed E-state index contributed by atoms with van der Waals surface area (Å²) in [5.41, 5.74) is 0.633. The van der Waals surface area contributed by atoms with Gasteiger partial charge in [0, 0.05) is 30.9 Å². The zero-order chi connectivity index (χ0) is 13.1. The molecule has 1 N–H and O–H groups in total. The van der Waals surface area contributed by atoms with Crippen molar-refractivity contribution in [3.8, 4) is 5.75 Å². The van der Waals surface area contributed by atoms with Crippen LogP contribution in [-0.2, 0) is 0 Å². The Morgan fingerprint density at radius 2 is 2.22 bits per heavy atom. The molecule has 1 aromatic carbocycles. The molecule has 18 heavy (non-hydrogen) atoms. The van der Waals surface area contributed by atoms with Crippen LogP contribution in [-0.4, -0.2) is 23.1 Å². The number of nitro benzene ring substituents is 1. The number of phenols is 1. The van der Waals surface area contributed by atoms with Gasteiger partial charge in [0.15, 0.2) is 5.75 Å². The number of aromatic hydroxyl groups is 1. The van der Waals surface area contributed by atoms with Crippen molar-refractivity contribution in [3.05, 3.63) is 28.3 Å². The molecule has 98 valence electrons. The molecular weight excluding hydrogens is 232 g/mol. The minimum absolute atomic E-state index is 0.235. The van der Waals surface area contributed by atoms with E-state index in [2.05, 4.69) is 11.8 Å². The Labute approximate surface area is 106 Å². The highest BCUT2D eigenvalue weighted by Crippen LogP contribution is 2.34. The molecule has 1 saturated carbocycles. The van der Waals surface area contributed by atoms with Gasteiger partial charge < -0.3 is 10.0 Å². The standard InChI is InChI=1S/C13H18N2O3/c1-2-7-14(9-10-3-4-10)11-5-6-12(15(17)18)13(16)8-11/h5-6,8,10,16H,2-4,7,9H2,1H3. The number of phenolic OH excluding ortho intramolecular Hbond substituents is 1. The molecule has 1 fully saturated rings. The van der Waals surface area contributed by atoms with E-state index in [1.54, 1.807) is 6.07 Å². The Bertz CT molecular complexity index is 444. The Morgan fingerprint density at radius 1 is 1.50 bits per heavy atom. The highest BCUT2D eigenvalue weighted by atomic mass is 16.6. The summed E-state index contributed by atoms with van der Waals surface area (Å²) in [6.45, 7) is 3.99. The molecule has 0 bridgehead atoms. The SMILES string of the molecule is CCCN(CC1CC1)c1ccc([N+](=O)[O-])c(O)c1. The van der Waals surface area contributed by atoms with Gasteiger partial charge in [-0.15, -0.1) is 0 Å². The van der Waals surface area contributed by atoms with Crippen molar-refractivity contribution in [1.82, 2.24) is 0 Å². The minimum Gasteiger partial charge on any atom is -0.502 e. The highest BCUT2D eigenvalue weighted by Gasteiger charge is 2.25. The van der Waals surface area contributed by atoms with E-state index >= 15 is 0 Å². The van der Waals surface area contributed by atoms with Gasteiger partial charge in [-0.3, -0.25) is 10.1 Å². The summed E-state index contributed by atoms with van der Waals surface area (Å²) in [5, 5.41) is 20.3. The lowest BCUT2D eigenvalue weighted by Crippen LogP contribution is -2.26. The predicted octanol–water partition coefficient (Wildman–Crippen LogP) is 2.93. The van der Waals surface area contributed by atoms with Crippen molar-refractivity contribution in [2.45, 2.75) is 26.2 Å². The van der Waals surface area contributed by atoms with Gasteiger partial charge in [-0.2, -0.15) is 0 Å². The van der Waals surface area contributed by atoms with Gasteiger partial charge in [-0.05, 0) is 31.2 Å². The topological polar surface area (TPSA) is 66.6 Å². The molecule has 1 aromatic rings. The molecular formula is C13H18N2O3. The molecule has 0 heterocycles. The van der Waals surface area contributed by atoms with E-state index in [9.17, 15) is 15.2 Å². The van der Waals surface area contributed by atoms with Crippen LogP contribution < -0.4 is 4.90 Å². The monoisotopic (exact) mass is 250 g/mol. The summed E-state index contributed by atoms with van der Waals surface area (Å²) in [4.78, 5) is 12.3. The van der Waals surface area contributed by atoms with Gasteiger partial charge in [0.25, 0.3) is 0 Å². The van der Waals surface area contributed by atoms with Crippen LogP contribution in [0.4, 0.5) is 11.4 Å². The van der Waals surface area contributed by atoms with Crippen LogP contribution in [0.1, 0.15) is 26.2 Å². The fraction of sp³-hybridized carbons (Fsp3) is 0.538. The van der Waals surface area contributed by atoms with E-state index in [1.807, 2.05) is 0 Å². The predicted molar refractivity (Wildman–Crippen MR) is 70.0 cm³/mol. The zero-order valence-electron chi connectivity index (χ0n) is 10.5. The summed E-state index contributed by atoms with van der Waals surface area (Å²) in [6.07, 6.45) is 3.54. The Morgan fingerprint density at radius 3 is 2.72 bits per heavy atom. The number of hydrogen-bond acceptors (Lipinski definition) is 4. The van der Waals surface area contributed by atoms with Gasteiger partial charge in [0.2, 0.25) is 0 Å². The lowest BCUT2D eigenvalue weighted by molar-refractivity contribution is -0.385. The van der Waals surface area contributed by atoms with E-state index in [1.165, 1.54) is 25.0 Å². The first-order valence-electron chi connectivity index (χ1n) is 6.34. The average Bonchev–Trinajstić information content (AvgIpc) is 3.11. The van der Waals surface area contributed by atoms with Crippen molar-refractivity contribution in [1.29, 1.82) is 0 Å². The average molecular weight is 250 g/mol. The molecule has 0 atom stereocenters. The molecule has 1 aliphatic carbocycles. The molecule has 0 aliphatic heterocycles. The van der Waals surface area contributed by atoms with Gasteiger partial charge in [-0.1, -0.05) is 6.92 Å². The normalized spacial score (nSPS) is 14.5. The first-order valence-corrected chi connectivity index (χ1v) is 6.34. The molecule has 0 amide bonds. The molecule has 5 nitrogen and oxygen atoms in total. The number of benzene rings is 1. The van der Waals surface area contributed by atoms with Crippen LogP contribution in [0.3, 0.4) is 0 Å². The van der Waals surface area contributed by atoms with E-state index < -0.39 is 4.92 Å². The molecule has 0 spiro atoms. The molecule has 2 rings (SSSR count). The third-order valence-corrected chi connectivity index (χ3v) is 3.19. The van der Waals surface area contributed by atoms with Gasteiger partial charge >= 0.3 is 5.69 Å². The van der Waals surface area contributed by atoms with Crippen LogP contribution in [0, 0.1) is 16.0 Å².